The van der Waals surface area contributed by atoms with Crippen LogP contribution in [-0.2, 0) is 23.0 Å². The van der Waals surface area contributed by atoms with Gasteiger partial charge in [0.25, 0.3) is 0 Å². The summed E-state index contributed by atoms with van der Waals surface area (Å²) in [6.45, 7) is 6.59. The molecule has 0 spiro atoms. The quantitative estimate of drug-likeness (QED) is 0.160. The van der Waals surface area contributed by atoms with Crippen molar-refractivity contribution >= 4 is 55.3 Å². The van der Waals surface area contributed by atoms with Crippen LogP contribution < -0.4 is 4.90 Å². The summed E-state index contributed by atoms with van der Waals surface area (Å²) in [4.78, 5) is 43.1. The summed E-state index contributed by atoms with van der Waals surface area (Å²) in [6.07, 6.45) is 3.00. The van der Waals surface area contributed by atoms with Gasteiger partial charge in [-0.05, 0) is 77.1 Å². The molecule has 0 unspecified atom stereocenters. The number of carbonyl (C=O) groups is 3. The molecule has 4 aliphatic carbocycles. The van der Waals surface area contributed by atoms with E-state index in [0.29, 0.717) is 29.0 Å². The molecule has 2 fully saturated rings. The van der Waals surface area contributed by atoms with E-state index < -0.39 is 20.5 Å². The summed E-state index contributed by atoms with van der Waals surface area (Å²) >= 11 is 8.09. The van der Waals surface area contributed by atoms with Crippen molar-refractivity contribution in [1.82, 2.24) is 0 Å². The number of rotatable bonds is 4. The Bertz CT molecular complexity index is 1490. The zero-order chi connectivity index (χ0) is 29.6. The number of carbonyl (C=O) groups excluding carboxylic acids is 3. The highest BCUT2D eigenvalue weighted by Gasteiger charge is 2.72. The van der Waals surface area contributed by atoms with Gasteiger partial charge >= 0.3 is 5.97 Å². The Balaban J connectivity index is 1.21. The average Bonchev–Trinajstić information content (AvgIpc) is 3.26. The lowest BCUT2D eigenvalue weighted by Crippen LogP contribution is -2.56. The van der Waals surface area contributed by atoms with Crippen LogP contribution in [0.1, 0.15) is 72.6 Å². The Morgan fingerprint density at radius 1 is 0.810 bits per heavy atom. The summed E-state index contributed by atoms with van der Waals surface area (Å²) in [5, 5.41) is 0. The number of nitrogens with zero attached hydrogens (tertiary/aromatic N) is 1. The molecule has 8 rings (SSSR count). The number of alkyl halides is 2. The van der Waals surface area contributed by atoms with Crippen LogP contribution in [0.2, 0.25) is 0 Å². The molecule has 5 nitrogen and oxygen atoms in total. The second-order valence-electron chi connectivity index (χ2n) is 12.8. The molecule has 216 valence electrons. The highest BCUT2D eigenvalue weighted by molar-refractivity contribution is 9.10. The van der Waals surface area contributed by atoms with Gasteiger partial charge in [-0.3, -0.25) is 9.59 Å². The Kier molecular flexibility index (Phi) is 6.59. The molecular formula is C35H33Br2NO4. The zero-order valence-corrected chi connectivity index (χ0v) is 27.0. The van der Waals surface area contributed by atoms with E-state index in [1.165, 1.54) is 4.90 Å². The summed E-state index contributed by atoms with van der Waals surface area (Å²) in [5.74, 6) is -0.816. The van der Waals surface area contributed by atoms with Gasteiger partial charge in [0.1, 0.15) is 6.10 Å². The van der Waals surface area contributed by atoms with Crippen molar-refractivity contribution in [3.63, 3.8) is 0 Å². The Hall–Kier alpha value is -2.77. The van der Waals surface area contributed by atoms with Crippen LogP contribution in [0.3, 0.4) is 0 Å². The van der Waals surface area contributed by atoms with Crippen molar-refractivity contribution in [2.75, 3.05) is 4.90 Å². The second kappa shape index (κ2) is 9.88. The number of amides is 2. The van der Waals surface area contributed by atoms with Crippen LogP contribution in [0.15, 0.2) is 72.8 Å². The molecule has 7 heteroatoms. The van der Waals surface area contributed by atoms with Gasteiger partial charge in [-0.1, -0.05) is 108 Å². The van der Waals surface area contributed by atoms with Crippen LogP contribution in [0, 0.1) is 29.6 Å². The lowest BCUT2D eigenvalue weighted by Gasteiger charge is -2.55. The van der Waals surface area contributed by atoms with Crippen molar-refractivity contribution in [2.45, 2.75) is 54.8 Å². The minimum absolute atomic E-state index is 0.102. The molecule has 3 aromatic rings. The van der Waals surface area contributed by atoms with Crippen molar-refractivity contribution in [2.24, 2.45) is 29.6 Å². The number of imide groups is 1. The lowest BCUT2D eigenvalue weighted by atomic mass is 9.54. The van der Waals surface area contributed by atoms with E-state index in [1.54, 1.807) is 24.3 Å². The van der Waals surface area contributed by atoms with E-state index in [1.807, 2.05) is 48.5 Å². The second-order valence-corrected chi connectivity index (χ2v) is 15.3. The van der Waals surface area contributed by atoms with E-state index in [0.717, 1.165) is 41.5 Å². The van der Waals surface area contributed by atoms with E-state index in [2.05, 4.69) is 52.6 Å². The Labute approximate surface area is 263 Å². The molecule has 1 saturated heterocycles. The molecular weight excluding hydrogens is 658 g/mol. The Morgan fingerprint density at radius 2 is 1.29 bits per heavy atom. The van der Waals surface area contributed by atoms with Crippen LogP contribution in [0.5, 0.6) is 0 Å². The van der Waals surface area contributed by atoms with Crippen LogP contribution in [0.4, 0.5) is 5.69 Å². The smallest absolute Gasteiger partial charge is 0.338 e. The minimum atomic E-state index is -0.838. The molecule has 0 N–H and O–H groups in total. The third-order valence-corrected chi connectivity index (χ3v) is 12.9. The highest BCUT2D eigenvalue weighted by Crippen LogP contribution is 2.70. The molecule has 2 amide bonds. The van der Waals surface area contributed by atoms with E-state index in [9.17, 15) is 14.4 Å². The number of benzene rings is 3. The molecule has 1 heterocycles. The van der Waals surface area contributed by atoms with E-state index >= 15 is 0 Å². The first-order chi connectivity index (χ1) is 20.1. The molecule has 2 bridgehead atoms. The van der Waals surface area contributed by atoms with Gasteiger partial charge in [0.05, 0.1) is 31.7 Å². The standard InChI is InChI=1S/C35H33Br2NO4/c1-19(2)23-17-12-20(3)18-28(23)42-33(41)21-13-15-22(16-14-21)38-31(39)29-30(32(38)40)35(37)25-9-5-4-8-24(25)34(29,36)26-10-6-7-11-27(26)35/h4-11,13-16,19-20,23,28-30H,12,17-18H2,1-3H3/t20-,23-,28-,29+,30+,34?,35?/m1/s1. The van der Waals surface area contributed by atoms with Crippen molar-refractivity contribution in [1.29, 1.82) is 0 Å². The summed E-state index contributed by atoms with van der Waals surface area (Å²) in [6, 6.07) is 22.8. The number of halogens is 2. The maximum absolute atomic E-state index is 14.3. The van der Waals surface area contributed by atoms with Crippen LogP contribution >= 0.6 is 31.9 Å². The fourth-order valence-electron chi connectivity index (χ4n) is 8.12. The van der Waals surface area contributed by atoms with Gasteiger partial charge in [-0.15, -0.1) is 0 Å². The highest BCUT2D eigenvalue weighted by atomic mass is 79.9. The normalized spacial score (nSPS) is 32.9. The van der Waals surface area contributed by atoms with Crippen molar-refractivity contribution < 1.29 is 19.1 Å². The van der Waals surface area contributed by atoms with Gasteiger partial charge in [0, 0.05) is 0 Å². The molecule has 0 aromatic heterocycles. The predicted molar refractivity (Wildman–Crippen MR) is 169 cm³/mol. The van der Waals surface area contributed by atoms with Crippen molar-refractivity contribution in [3.8, 4) is 0 Å². The first kappa shape index (κ1) is 28.0. The molecule has 1 aliphatic heterocycles. The SMILES string of the molecule is CC(C)[C@H]1CC[C@@H](C)C[C@H]1OC(=O)c1ccc(N2C(=O)[C@@H]3[C@@H](C2=O)C2(Br)c4ccccc4C3(Br)c3ccccc32)cc1. The first-order valence-corrected chi connectivity index (χ1v) is 16.4. The lowest BCUT2D eigenvalue weighted by molar-refractivity contribution is -0.122. The topological polar surface area (TPSA) is 63.7 Å². The Morgan fingerprint density at radius 3 is 1.74 bits per heavy atom. The monoisotopic (exact) mass is 689 g/mol. The molecule has 42 heavy (non-hydrogen) atoms. The zero-order valence-electron chi connectivity index (χ0n) is 23.8. The third-order valence-electron chi connectivity index (χ3n) is 10.2. The molecule has 3 aromatic carbocycles. The summed E-state index contributed by atoms with van der Waals surface area (Å²) in [7, 11) is 0. The van der Waals surface area contributed by atoms with Gasteiger partial charge in [0.2, 0.25) is 11.8 Å². The minimum Gasteiger partial charge on any atom is -0.458 e. The summed E-state index contributed by atoms with van der Waals surface area (Å²) < 4.78 is 4.37. The molecule has 5 atom stereocenters. The summed E-state index contributed by atoms with van der Waals surface area (Å²) in [5.41, 5.74) is 4.88. The van der Waals surface area contributed by atoms with Gasteiger partial charge in [-0.25, -0.2) is 9.69 Å². The predicted octanol–water partition coefficient (Wildman–Crippen LogP) is 7.71. The maximum atomic E-state index is 14.3. The molecule has 0 radical (unpaired) electrons. The van der Waals surface area contributed by atoms with Gasteiger partial charge in [-0.2, -0.15) is 0 Å². The maximum Gasteiger partial charge on any atom is 0.338 e. The fraction of sp³-hybridized carbons (Fsp3) is 0.400. The van der Waals surface area contributed by atoms with E-state index in [4.69, 9.17) is 4.74 Å². The fourth-order valence-corrected chi connectivity index (χ4v) is 10.4. The first-order valence-electron chi connectivity index (χ1n) is 14.8. The average molecular weight is 691 g/mol. The number of anilines is 1. The van der Waals surface area contributed by atoms with Crippen LogP contribution in [0.25, 0.3) is 0 Å². The van der Waals surface area contributed by atoms with Crippen molar-refractivity contribution in [3.05, 3.63) is 101 Å². The number of hydrogen-bond acceptors (Lipinski definition) is 4. The molecule has 5 aliphatic rings. The number of hydrogen-bond donors (Lipinski definition) is 0. The van der Waals surface area contributed by atoms with Gasteiger partial charge in [0.15, 0.2) is 0 Å². The third kappa shape index (κ3) is 3.75. The van der Waals surface area contributed by atoms with Crippen LogP contribution in [-0.4, -0.2) is 23.9 Å². The largest absolute Gasteiger partial charge is 0.458 e. The number of ether oxygens (including phenoxy) is 1. The van der Waals surface area contributed by atoms with E-state index in [-0.39, 0.29) is 23.9 Å². The van der Waals surface area contributed by atoms with Gasteiger partial charge < -0.3 is 4.74 Å². The number of esters is 1. The molecule has 1 saturated carbocycles.